The van der Waals surface area contributed by atoms with Gasteiger partial charge in [0, 0.05) is 21.2 Å². The van der Waals surface area contributed by atoms with Crippen LogP contribution in [0.2, 0.25) is 5.02 Å². The number of thioether (sulfide) groups is 1. The van der Waals surface area contributed by atoms with Crippen molar-refractivity contribution in [2.24, 2.45) is 7.05 Å². The van der Waals surface area contributed by atoms with Crippen molar-refractivity contribution in [1.82, 2.24) is 14.8 Å². The molecule has 128 valence electrons. The zero-order valence-electron chi connectivity index (χ0n) is 13.2. The van der Waals surface area contributed by atoms with E-state index < -0.39 is 0 Å². The van der Waals surface area contributed by atoms with E-state index in [0.717, 1.165) is 20.6 Å². The van der Waals surface area contributed by atoms with Crippen LogP contribution in [0.25, 0.3) is 11.4 Å². The van der Waals surface area contributed by atoms with Gasteiger partial charge in [0.2, 0.25) is 5.91 Å². The maximum atomic E-state index is 12.2. The van der Waals surface area contributed by atoms with E-state index in [9.17, 15) is 4.79 Å². The summed E-state index contributed by atoms with van der Waals surface area (Å²) in [5.41, 5.74) is 1.74. The second-order valence-corrected chi connectivity index (χ2v) is 7.73. The van der Waals surface area contributed by atoms with Gasteiger partial charge in [-0.15, -0.1) is 10.2 Å². The number of carbonyl (C=O) groups excluding carboxylic acids is 1. The normalized spacial score (nSPS) is 10.7. The highest BCUT2D eigenvalue weighted by Gasteiger charge is 2.13. The summed E-state index contributed by atoms with van der Waals surface area (Å²) in [6.45, 7) is 0. The zero-order chi connectivity index (χ0) is 17.8. The lowest BCUT2D eigenvalue weighted by atomic mass is 10.2. The molecule has 2 aromatic carbocycles. The Morgan fingerprint density at radius 3 is 2.64 bits per heavy atom. The summed E-state index contributed by atoms with van der Waals surface area (Å²) >= 11 is 9.46. The molecule has 1 heterocycles. The number of nitrogens with zero attached hydrogens (tertiary/aromatic N) is 3. The van der Waals surface area contributed by atoms with Crippen molar-refractivity contribution in [2.75, 3.05) is 11.1 Å². The van der Waals surface area contributed by atoms with Gasteiger partial charge in [-0.1, -0.05) is 35.5 Å². The first kappa shape index (κ1) is 18.2. The summed E-state index contributed by atoms with van der Waals surface area (Å²) < 4.78 is 2.87. The minimum absolute atomic E-state index is 0.0786. The van der Waals surface area contributed by atoms with Crippen molar-refractivity contribution in [3.8, 4) is 11.4 Å². The van der Waals surface area contributed by atoms with Gasteiger partial charge in [-0.25, -0.2) is 0 Å². The average molecular weight is 485 g/mol. The predicted octanol–water partition coefficient (Wildman–Crippen LogP) is 4.47. The molecular weight excluding hydrogens is 471 g/mol. The number of para-hydroxylation sites is 1. The molecule has 0 spiro atoms. The molecule has 0 aliphatic heterocycles. The molecule has 0 atom stereocenters. The molecule has 8 heteroatoms. The smallest absolute Gasteiger partial charge is 0.234 e. The van der Waals surface area contributed by atoms with Gasteiger partial charge in [-0.2, -0.15) is 0 Å². The van der Waals surface area contributed by atoms with Crippen LogP contribution in [-0.2, 0) is 11.8 Å². The van der Waals surface area contributed by atoms with Crippen LogP contribution in [0, 0.1) is 3.57 Å². The van der Waals surface area contributed by atoms with E-state index >= 15 is 0 Å². The third-order valence-electron chi connectivity index (χ3n) is 3.42. The lowest BCUT2D eigenvalue weighted by molar-refractivity contribution is -0.113. The maximum absolute atomic E-state index is 12.2. The van der Waals surface area contributed by atoms with Crippen LogP contribution in [0.5, 0.6) is 0 Å². The second-order valence-electron chi connectivity index (χ2n) is 5.19. The van der Waals surface area contributed by atoms with Crippen molar-refractivity contribution in [3.05, 3.63) is 57.1 Å². The third-order valence-corrected chi connectivity index (χ3v) is 5.63. The topological polar surface area (TPSA) is 59.8 Å². The molecule has 0 fully saturated rings. The lowest BCUT2D eigenvalue weighted by Gasteiger charge is -2.07. The SMILES string of the molecule is Cn1c(SCC(=O)Nc2ccccc2I)nnc1-c1ccc(Cl)cc1. The molecule has 0 aliphatic rings. The summed E-state index contributed by atoms with van der Waals surface area (Å²) in [6.07, 6.45) is 0. The first-order valence-electron chi connectivity index (χ1n) is 7.37. The van der Waals surface area contributed by atoms with E-state index in [1.54, 1.807) is 0 Å². The molecule has 0 saturated carbocycles. The summed E-state index contributed by atoms with van der Waals surface area (Å²) in [4.78, 5) is 12.2. The molecular formula is C17H14ClIN4OS. The highest BCUT2D eigenvalue weighted by Crippen LogP contribution is 2.24. The summed E-state index contributed by atoms with van der Waals surface area (Å²) in [7, 11) is 1.88. The molecule has 1 aromatic heterocycles. The number of amides is 1. The van der Waals surface area contributed by atoms with Crippen molar-refractivity contribution in [3.63, 3.8) is 0 Å². The number of hydrogen-bond acceptors (Lipinski definition) is 4. The Balaban J connectivity index is 1.65. The number of anilines is 1. The number of halogens is 2. The fraction of sp³-hybridized carbons (Fsp3) is 0.118. The third kappa shape index (κ3) is 4.53. The van der Waals surface area contributed by atoms with Crippen LogP contribution in [-0.4, -0.2) is 26.4 Å². The quantitative estimate of drug-likeness (QED) is 0.429. The lowest BCUT2D eigenvalue weighted by Crippen LogP contribution is -2.15. The van der Waals surface area contributed by atoms with Gasteiger partial charge in [-0.3, -0.25) is 4.79 Å². The van der Waals surface area contributed by atoms with Crippen molar-refractivity contribution in [1.29, 1.82) is 0 Å². The Hall–Kier alpha value is -1.58. The number of benzene rings is 2. The molecule has 3 aromatic rings. The first-order chi connectivity index (χ1) is 12.0. The average Bonchev–Trinajstić information content (AvgIpc) is 2.97. The molecule has 0 unspecified atom stereocenters. The van der Waals surface area contributed by atoms with Gasteiger partial charge in [-0.05, 0) is 59.0 Å². The molecule has 1 amide bonds. The minimum atomic E-state index is -0.0786. The summed E-state index contributed by atoms with van der Waals surface area (Å²) in [6, 6.07) is 15.1. The van der Waals surface area contributed by atoms with E-state index in [0.29, 0.717) is 10.2 Å². The molecule has 0 saturated heterocycles. The van der Waals surface area contributed by atoms with Gasteiger partial charge >= 0.3 is 0 Å². The maximum Gasteiger partial charge on any atom is 0.234 e. The Labute approximate surface area is 168 Å². The van der Waals surface area contributed by atoms with Gasteiger partial charge in [0.15, 0.2) is 11.0 Å². The number of rotatable bonds is 5. The van der Waals surface area contributed by atoms with E-state index in [4.69, 9.17) is 11.6 Å². The molecule has 3 rings (SSSR count). The van der Waals surface area contributed by atoms with Gasteiger partial charge in [0.1, 0.15) is 0 Å². The Morgan fingerprint density at radius 2 is 1.92 bits per heavy atom. The fourth-order valence-electron chi connectivity index (χ4n) is 2.17. The van der Waals surface area contributed by atoms with Crippen LogP contribution in [0.3, 0.4) is 0 Å². The summed E-state index contributed by atoms with van der Waals surface area (Å²) in [5, 5.41) is 12.6. The van der Waals surface area contributed by atoms with E-state index in [2.05, 4.69) is 38.1 Å². The highest BCUT2D eigenvalue weighted by molar-refractivity contribution is 14.1. The second kappa shape index (κ2) is 8.20. The van der Waals surface area contributed by atoms with Crippen molar-refractivity contribution < 1.29 is 4.79 Å². The number of hydrogen-bond donors (Lipinski definition) is 1. The fourth-order valence-corrected chi connectivity index (χ4v) is 3.53. The van der Waals surface area contributed by atoms with Crippen LogP contribution in [0.1, 0.15) is 0 Å². The van der Waals surface area contributed by atoms with Gasteiger partial charge in [0.05, 0.1) is 11.4 Å². The van der Waals surface area contributed by atoms with E-state index in [-0.39, 0.29) is 11.7 Å². The molecule has 0 aliphatic carbocycles. The standard InChI is InChI=1S/C17H14ClIN4OS/c1-23-16(11-6-8-12(18)9-7-11)21-22-17(23)25-10-15(24)20-14-5-3-2-4-13(14)19/h2-9H,10H2,1H3,(H,20,24). The predicted molar refractivity (Wildman–Crippen MR) is 110 cm³/mol. The highest BCUT2D eigenvalue weighted by atomic mass is 127. The van der Waals surface area contributed by atoms with Crippen LogP contribution in [0.4, 0.5) is 5.69 Å². The van der Waals surface area contributed by atoms with Crippen LogP contribution < -0.4 is 5.32 Å². The van der Waals surface area contributed by atoms with Gasteiger partial charge in [0.25, 0.3) is 0 Å². The molecule has 5 nitrogen and oxygen atoms in total. The number of aromatic nitrogens is 3. The first-order valence-corrected chi connectivity index (χ1v) is 9.81. The van der Waals surface area contributed by atoms with E-state index in [1.165, 1.54) is 11.8 Å². The largest absolute Gasteiger partial charge is 0.324 e. The van der Waals surface area contributed by atoms with Crippen LogP contribution in [0.15, 0.2) is 53.7 Å². The van der Waals surface area contributed by atoms with Crippen molar-refractivity contribution in [2.45, 2.75) is 5.16 Å². The Morgan fingerprint density at radius 1 is 1.20 bits per heavy atom. The molecule has 0 bridgehead atoms. The summed E-state index contributed by atoms with van der Waals surface area (Å²) in [5.74, 6) is 0.916. The molecule has 1 N–H and O–H groups in total. The monoisotopic (exact) mass is 484 g/mol. The Kier molecular flexibility index (Phi) is 5.98. The number of carbonyl (C=O) groups is 1. The Bertz CT molecular complexity index is 898. The van der Waals surface area contributed by atoms with E-state index in [1.807, 2.05) is 60.1 Å². The van der Waals surface area contributed by atoms with Crippen LogP contribution >= 0.6 is 46.0 Å². The number of nitrogens with one attached hydrogen (secondary N) is 1. The zero-order valence-corrected chi connectivity index (χ0v) is 17.0. The van der Waals surface area contributed by atoms with Crippen molar-refractivity contribution >= 4 is 57.5 Å². The molecule has 0 radical (unpaired) electrons. The molecule has 25 heavy (non-hydrogen) atoms. The minimum Gasteiger partial charge on any atom is -0.324 e. The van der Waals surface area contributed by atoms with Gasteiger partial charge < -0.3 is 9.88 Å².